The van der Waals surface area contributed by atoms with Crippen molar-refractivity contribution in [3.63, 3.8) is 0 Å². The Balaban J connectivity index is 1.33. The molecule has 2 fully saturated rings. The van der Waals surface area contributed by atoms with Crippen molar-refractivity contribution in [1.82, 2.24) is 0 Å². The number of benzene rings is 1. The van der Waals surface area contributed by atoms with Crippen molar-refractivity contribution in [1.29, 1.82) is 0 Å². The van der Waals surface area contributed by atoms with Gasteiger partial charge >= 0.3 is 11.9 Å². The van der Waals surface area contributed by atoms with Gasteiger partial charge in [-0.2, -0.15) is 0 Å². The van der Waals surface area contributed by atoms with E-state index in [0.717, 1.165) is 70.0 Å². The summed E-state index contributed by atoms with van der Waals surface area (Å²) in [5, 5.41) is 0. The zero-order valence-corrected chi connectivity index (χ0v) is 23.2. The highest BCUT2D eigenvalue weighted by molar-refractivity contribution is 5.75. The number of ether oxygens (including phenoxy) is 3. The first-order valence-electron chi connectivity index (χ1n) is 14.8. The minimum absolute atomic E-state index is 0.181. The van der Waals surface area contributed by atoms with Crippen LogP contribution < -0.4 is 4.74 Å². The van der Waals surface area contributed by atoms with Crippen LogP contribution in [0.5, 0.6) is 5.75 Å². The van der Waals surface area contributed by atoms with E-state index in [2.05, 4.69) is 12.1 Å². The quantitative estimate of drug-likeness (QED) is 0.227. The number of carbonyl (C=O) groups is 2. The highest BCUT2D eigenvalue weighted by Gasteiger charge is 2.29. The molecule has 2 atom stereocenters. The first-order chi connectivity index (χ1) is 18.4. The summed E-state index contributed by atoms with van der Waals surface area (Å²) in [5.41, 5.74) is 1.25. The van der Waals surface area contributed by atoms with E-state index in [9.17, 15) is 18.4 Å². The minimum Gasteiger partial charge on any atom is -0.493 e. The molecule has 2 aliphatic carbocycles. The number of esters is 2. The molecule has 0 N–H and O–H groups in total. The van der Waals surface area contributed by atoms with Crippen LogP contribution in [0.15, 0.2) is 24.3 Å². The fourth-order valence-electron chi connectivity index (χ4n) is 5.46. The highest BCUT2D eigenvalue weighted by Crippen LogP contribution is 2.35. The lowest BCUT2D eigenvalue weighted by atomic mass is 9.82. The van der Waals surface area contributed by atoms with Crippen LogP contribution in [0.2, 0.25) is 0 Å². The summed E-state index contributed by atoms with van der Waals surface area (Å²) in [6, 6.07) is 8.23. The summed E-state index contributed by atoms with van der Waals surface area (Å²) in [6.07, 6.45) is 6.90. The number of halogens is 2. The third kappa shape index (κ3) is 9.85. The second-order valence-corrected chi connectivity index (χ2v) is 11.1. The van der Waals surface area contributed by atoms with Crippen LogP contribution in [-0.4, -0.2) is 43.1 Å². The maximum Gasteiger partial charge on any atom is 0.340 e. The van der Waals surface area contributed by atoms with Gasteiger partial charge in [-0.15, -0.1) is 0 Å². The van der Waals surface area contributed by atoms with E-state index in [1.165, 1.54) is 5.56 Å². The molecule has 2 saturated carbocycles. The van der Waals surface area contributed by atoms with Crippen LogP contribution in [0.3, 0.4) is 0 Å². The lowest BCUT2D eigenvalue weighted by molar-refractivity contribution is -0.158. The van der Waals surface area contributed by atoms with E-state index in [1.54, 1.807) is 0 Å². The summed E-state index contributed by atoms with van der Waals surface area (Å²) in [6.45, 7) is 4.57. The van der Waals surface area contributed by atoms with Crippen molar-refractivity contribution in [2.75, 3.05) is 6.61 Å². The molecule has 2 aliphatic rings. The first-order valence-corrected chi connectivity index (χ1v) is 14.8. The van der Waals surface area contributed by atoms with E-state index in [4.69, 9.17) is 14.2 Å². The van der Waals surface area contributed by atoms with E-state index >= 15 is 0 Å². The summed E-state index contributed by atoms with van der Waals surface area (Å²) in [5.74, 6) is 0.235. The molecule has 0 radical (unpaired) electrons. The normalized spacial score (nSPS) is 25.3. The van der Waals surface area contributed by atoms with Crippen molar-refractivity contribution in [3.8, 4) is 5.75 Å². The number of carbonyl (C=O) groups excluding carboxylic acids is 2. The Morgan fingerprint density at radius 2 is 1.24 bits per heavy atom. The van der Waals surface area contributed by atoms with Gasteiger partial charge in [0.15, 0.2) is 12.3 Å². The van der Waals surface area contributed by atoms with Gasteiger partial charge in [-0.3, -0.25) is 0 Å². The summed E-state index contributed by atoms with van der Waals surface area (Å²) in [7, 11) is 0. The molecule has 0 aliphatic heterocycles. The van der Waals surface area contributed by atoms with Gasteiger partial charge in [-0.05, 0) is 93.7 Å². The predicted molar refractivity (Wildman–Crippen MR) is 144 cm³/mol. The van der Waals surface area contributed by atoms with E-state index in [0.29, 0.717) is 31.3 Å². The van der Waals surface area contributed by atoms with Gasteiger partial charge in [0.05, 0.1) is 6.61 Å². The van der Waals surface area contributed by atoms with Crippen molar-refractivity contribution in [3.05, 3.63) is 29.8 Å². The SMILES string of the molecule is CCCCC(F)C(=O)OC1CCC(COc2ccc(C3CCC(OC(=O)[C@H](F)CCCC)CC3)cc2)CC1. The molecule has 1 aromatic rings. The molecule has 214 valence electrons. The Morgan fingerprint density at radius 3 is 1.71 bits per heavy atom. The van der Waals surface area contributed by atoms with Crippen molar-refractivity contribution in [2.24, 2.45) is 5.92 Å². The highest BCUT2D eigenvalue weighted by atomic mass is 19.1. The van der Waals surface area contributed by atoms with Crippen LogP contribution in [-0.2, 0) is 19.1 Å². The van der Waals surface area contributed by atoms with Gasteiger partial charge in [-0.25, -0.2) is 18.4 Å². The summed E-state index contributed by atoms with van der Waals surface area (Å²) >= 11 is 0. The van der Waals surface area contributed by atoms with Crippen LogP contribution in [0.25, 0.3) is 0 Å². The molecule has 0 amide bonds. The number of hydrogen-bond donors (Lipinski definition) is 0. The molecular formula is C31H46F2O5. The first kappa shape index (κ1) is 30.4. The molecule has 0 aromatic heterocycles. The van der Waals surface area contributed by atoms with Crippen LogP contribution >= 0.6 is 0 Å². The largest absolute Gasteiger partial charge is 0.493 e. The maximum atomic E-state index is 13.9. The third-order valence-electron chi connectivity index (χ3n) is 8.00. The van der Waals surface area contributed by atoms with Crippen molar-refractivity contribution < 1.29 is 32.6 Å². The van der Waals surface area contributed by atoms with Crippen LogP contribution in [0.1, 0.15) is 115 Å². The Hall–Kier alpha value is -2.18. The van der Waals surface area contributed by atoms with Crippen LogP contribution in [0.4, 0.5) is 8.78 Å². The molecule has 1 aromatic carbocycles. The van der Waals surface area contributed by atoms with E-state index in [-0.39, 0.29) is 25.0 Å². The van der Waals surface area contributed by atoms with Gasteiger partial charge in [-0.1, -0.05) is 51.7 Å². The molecule has 3 rings (SSSR count). The summed E-state index contributed by atoms with van der Waals surface area (Å²) in [4.78, 5) is 23.9. The number of rotatable bonds is 14. The molecular weight excluding hydrogens is 490 g/mol. The molecule has 0 bridgehead atoms. The van der Waals surface area contributed by atoms with Gasteiger partial charge in [0.2, 0.25) is 0 Å². The topological polar surface area (TPSA) is 61.8 Å². The fourth-order valence-corrected chi connectivity index (χ4v) is 5.46. The van der Waals surface area contributed by atoms with Crippen molar-refractivity contribution in [2.45, 2.75) is 134 Å². The Morgan fingerprint density at radius 1 is 0.763 bits per heavy atom. The molecule has 0 heterocycles. The van der Waals surface area contributed by atoms with Gasteiger partial charge < -0.3 is 14.2 Å². The number of hydrogen-bond acceptors (Lipinski definition) is 5. The maximum absolute atomic E-state index is 13.9. The molecule has 1 unspecified atom stereocenters. The fraction of sp³-hybridized carbons (Fsp3) is 0.742. The second kappa shape index (κ2) is 16.0. The van der Waals surface area contributed by atoms with Crippen molar-refractivity contribution >= 4 is 11.9 Å². The molecule has 0 spiro atoms. The second-order valence-electron chi connectivity index (χ2n) is 11.1. The van der Waals surface area contributed by atoms with Crippen LogP contribution in [0, 0.1) is 5.92 Å². The average molecular weight is 537 g/mol. The number of alkyl halides is 2. The summed E-state index contributed by atoms with van der Waals surface area (Å²) < 4.78 is 44.6. The van der Waals surface area contributed by atoms with Gasteiger partial charge in [0, 0.05) is 0 Å². The lowest BCUT2D eigenvalue weighted by Crippen LogP contribution is -2.30. The standard InChI is InChI=1S/C31H46F2O5/c1-3-5-7-28(32)30(34)37-26-15-9-22(10-16-26)21-36-25-17-11-23(12-18-25)24-13-19-27(20-14-24)38-31(35)29(33)8-6-4-2/h11-12,17-18,22,24,26-29H,3-10,13-16,19-21H2,1-2H3/t22?,24?,26?,27?,28?,29-/m1/s1. The predicted octanol–water partition coefficient (Wildman–Crippen LogP) is 7.79. The average Bonchev–Trinajstić information content (AvgIpc) is 2.94. The Bertz CT molecular complexity index is 829. The van der Waals surface area contributed by atoms with E-state index in [1.807, 2.05) is 26.0 Å². The van der Waals surface area contributed by atoms with E-state index < -0.39 is 24.3 Å². The molecule has 38 heavy (non-hydrogen) atoms. The smallest absolute Gasteiger partial charge is 0.340 e. The third-order valence-corrected chi connectivity index (χ3v) is 8.00. The Labute approximate surface area is 227 Å². The zero-order valence-electron chi connectivity index (χ0n) is 23.2. The monoisotopic (exact) mass is 536 g/mol. The van der Waals surface area contributed by atoms with Gasteiger partial charge in [0.1, 0.15) is 18.0 Å². The minimum atomic E-state index is -1.50. The Kier molecular flexibility index (Phi) is 12.8. The zero-order chi connectivity index (χ0) is 27.3. The molecule has 5 nitrogen and oxygen atoms in total. The lowest BCUT2D eigenvalue weighted by Gasteiger charge is -2.29. The molecule has 0 saturated heterocycles. The molecule has 7 heteroatoms. The van der Waals surface area contributed by atoms with Gasteiger partial charge in [0.25, 0.3) is 0 Å². The number of unbranched alkanes of at least 4 members (excludes halogenated alkanes) is 2.